The van der Waals surface area contributed by atoms with Gasteiger partial charge in [0.15, 0.2) is 0 Å². The molecule has 1 atom stereocenters. The molecule has 1 N–H and O–H groups in total. The number of amides is 2. The molecule has 0 heterocycles. The summed E-state index contributed by atoms with van der Waals surface area (Å²) in [5.41, 5.74) is 3.39. The van der Waals surface area contributed by atoms with Crippen LogP contribution in [0.3, 0.4) is 0 Å². The SMILES string of the molecule is CCCNC(=O)[C@@H](CC)N(Cc1ccc(OC)cc1)C(=O)CSCc1cccc(C)c1. The summed E-state index contributed by atoms with van der Waals surface area (Å²) in [4.78, 5) is 27.7. The molecule has 0 radical (unpaired) electrons. The van der Waals surface area contributed by atoms with Crippen molar-refractivity contribution in [3.05, 3.63) is 65.2 Å². The van der Waals surface area contributed by atoms with E-state index in [1.807, 2.05) is 44.2 Å². The van der Waals surface area contributed by atoms with E-state index in [1.165, 1.54) is 11.1 Å². The average Bonchev–Trinajstić information content (AvgIpc) is 2.78. The predicted octanol–water partition coefficient (Wildman–Crippen LogP) is 4.57. The first-order valence-corrected chi connectivity index (χ1v) is 12.0. The van der Waals surface area contributed by atoms with Gasteiger partial charge in [-0.15, -0.1) is 11.8 Å². The van der Waals surface area contributed by atoms with Gasteiger partial charge in [-0.1, -0.05) is 55.8 Å². The molecule has 0 unspecified atom stereocenters. The molecule has 2 rings (SSSR count). The number of methoxy groups -OCH3 is 1. The van der Waals surface area contributed by atoms with Crippen LogP contribution in [0.15, 0.2) is 48.5 Å². The standard InChI is InChI=1S/C25H34N2O3S/c1-5-14-26-25(29)23(6-2)27(16-20-10-12-22(30-4)13-11-20)24(28)18-31-17-21-9-7-8-19(3)15-21/h7-13,15,23H,5-6,14,16-18H2,1-4H3,(H,26,29)/t23-/m1/s1. The Morgan fingerprint density at radius 1 is 1.10 bits per heavy atom. The summed E-state index contributed by atoms with van der Waals surface area (Å²) in [6, 6.07) is 15.5. The molecule has 0 aliphatic rings. The largest absolute Gasteiger partial charge is 0.497 e. The van der Waals surface area contributed by atoms with Crippen molar-refractivity contribution < 1.29 is 14.3 Å². The van der Waals surface area contributed by atoms with Gasteiger partial charge in [-0.2, -0.15) is 0 Å². The summed E-state index contributed by atoms with van der Waals surface area (Å²) in [5.74, 6) is 1.76. The maximum absolute atomic E-state index is 13.2. The van der Waals surface area contributed by atoms with Gasteiger partial charge in [0.05, 0.1) is 12.9 Å². The first-order valence-electron chi connectivity index (χ1n) is 10.8. The summed E-state index contributed by atoms with van der Waals surface area (Å²) >= 11 is 1.58. The highest BCUT2D eigenvalue weighted by molar-refractivity contribution is 7.99. The molecule has 0 aromatic heterocycles. The van der Waals surface area contributed by atoms with Crippen LogP contribution in [0.1, 0.15) is 43.4 Å². The minimum Gasteiger partial charge on any atom is -0.497 e. The van der Waals surface area contributed by atoms with Crippen molar-refractivity contribution in [2.75, 3.05) is 19.4 Å². The minimum absolute atomic E-state index is 0.0213. The highest BCUT2D eigenvalue weighted by Gasteiger charge is 2.28. The molecular weight excluding hydrogens is 408 g/mol. The lowest BCUT2D eigenvalue weighted by Crippen LogP contribution is -2.49. The number of thioether (sulfide) groups is 1. The van der Waals surface area contributed by atoms with E-state index in [0.717, 1.165) is 23.5 Å². The summed E-state index contributed by atoms with van der Waals surface area (Å²) in [7, 11) is 1.63. The maximum Gasteiger partial charge on any atom is 0.242 e. The lowest BCUT2D eigenvalue weighted by atomic mass is 10.1. The van der Waals surface area contributed by atoms with E-state index in [4.69, 9.17) is 4.74 Å². The number of carbonyl (C=O) groups is 2. The molecule has 2 amide bonds. The fourth-order valence-corrected chi connectivity index (χ4v) is 4.21. The second kappa shape index (κ2) is 13.1. The fraction of sp³-hybridized carbons (Fsp3) is 0.440. The number of aryl methyl sites for hydroxylation is 1. The quantitative estimate of drug-likeness (QED) is 0.523. The number of ether oxygens (including phenoxy) is 1. The van der Waals surface area contributed by atoms with Gasteiger partial charge in [-0.3, -0.25) is 9.59 Å². The van der Waals surface area contributed by atoms with Crippen molar-refractivity contribution in [1.29, 1.82) is 0 Å². The Bertz CT molecular complexity index is 839. The number of benzene rings is 2. The predicted molar refractivity (Wildman–Crippen MR) is 128 cm³/mol. The highest BCUT2D eigenvalue weighted by atomic mass is 32.2. The first kappa shape index (κ1) is 24.8. The lowest BCUT2D eigenvalue weighted by Gasteiger charge is -2.30. The van der Waals surface area contributed by atoms with Crippen molar-refractivity contribution in [3.8, 4) is 5.75 Å². The Labute approximate surface area is 190 Å². The Morgan fingerprint density at radius 3 is 2.45 bits per heavy atom. The van der Waals surface area contributed by atoms with Gasteiger partial charge in [-0.05, 0) is 43.0 Å². The van der Waals surface area contributed by atoms with Crippen molar-refractivity contribution in [3.63, 3.8) is 0 Å². The maximum atomic E-state index is 13.2. The molecule has 31 heavy (non-hydrogen) atoms. The smallest absolute Gasteiger partial charge is 0.242 e. The molecule has 0 aliphatic carbocycles. The topological polar surface area (TPSA) is 58.6 Å². The Kier molecular flexibility index (Phi) is 10.4. The Hall–Kier alpha value is -2.47. The number of hydrogen-bond acceptors (Lipinski definition) is 4. The number of carbonyl (C=O) groups excluding carboxylic acids is 2. The Morgan fingerprint density at radius 2 is 1.84 bits per heavy atom. The van der Waals surface area contributed by atoms with Crippen molar-refractivity contribution in [2.24, 2.45) is 0 Å². The third kappa shape index (κ3) is 7.94. The van der Waals surface area contributed by atoms with Gasteiger partial charge in [0.1, 0.15) is 11.8 Å². The van der Waals surface area contributed by atoms with E-state index in [-0.39, 0.29) is 11.8 Å². The van der Waals surface area contributed by atoms with Crippen molar-refractivity contribution in [1.82, 2.24) is 10.2 Å². The van der Waals surface area contributed by atoms with Crippen LogP contribution in [0.2, 0.25) is 0 Å². The second-order valence-electron chi connectivity index (χ2n) is 7.57. The monoisotopic (exact) mass is 442 g/mol. The summed E-state index contributed by atoms with van der Waals surface area (Å²) in [5, 5.41) is 2.95. The van der Waals surface area contributed by atoms with E-state index in [1.54, 1.807) is 23.8 Å². The van der Waals surface area contributed by atoms with E-state index in [0.29, 0.717) is 25.3 Å². The normalized spacial score (nSPS) is 11.6. The number of nitrogens with zero attached hydrogens (tertiary/aromatic N) is 1. The number of nitrogens with one attached hydrogen (secondary N) is 1. The molecule has 0 saturated heterocycles. The van der Waals surface area contributed by atoms with Gasteiger partial charge < -0.3 is 15.0 Å². The molecule has 0 bridgehead atoms. The van der Waals surface area contributed by atoms with Crippen molar-refractivity contribution in [2.45, 2.75) is 52.0 Å². The Balaban J connectivity index is 2.11. The second-order valence-corrected chi connectivity index (χ2v) is 8.55. The van der Waals surface area contributed by atoms with Gasteiger partial charge in [0.2, 0.25) is 11.8 Å². The molecule has 2 aromatic carbocycles. The summed E-state index contributed by atoms with van der Waals surface area (Å²) < 4.78 is 5.23. The van der Waals surface area contributed by atoms with Gasteiger partial charge in [0, 0.05) is 18.8 Å². The van der Waals surface area contributed by atoms with Crippen LogP contribution in [0, 0.1) is 6.92 Å². The van der Waals surface area contributed by atoms with E-state index < -0.39 is 6.04 Å². The van der Waals surface area contributed by atoms with Crippen LogP contribution >= 0.6 is 11.8 Å². The zero-order valence-corrected chi connectivity index (χ0v) is 19.8. The van der Waals surface area contributed by atoms with E-state index in [9.17, 15) is 9.59 Å². The van der Waals surface area contributed by atoms with Gasteiger partial charge in [0.25, 0.3) is 0 Å². The molecule has 0 fully saturated rings. The van der Waals surface area contributed by atoms with Crippen LogP contribution in [-0.2, 0) is 21.9 Å². The molecule has 5 nitrogen and oxygen atoms in total. The van der Waals surface area contributed by atoms with Gasteiger partial charge >= 0.3 is 0 Å². The molecule has 2 aromatic rings. The van der Waals surface area contributed by atoms with Crippen LogP contribution < -0.4 is 10.1 Å². The molecule has 168 valence electrons. The van der Waals surface area contributed by atoms with Crippen LogP contribution in [0.25, 0.3) is 0 Å². The average molecular weight is 443 g/mol. The highest BCUT2D eigenvalue weighted by Crippen LogP contribution is 2.19. The first-order chi connectivity index (χ1) is 15.0. The molecular formula is C25H34N2O3S. The lowest BCUT2D eigenvalue weighted by molar-refractivity contribution is -0.139. The zero-order chi connectivity index (χ0) is 22.6. The third-order valence-corrected chi connectivity index (χ3v) is 6.01. The number of rotatable bonds is 12. The fourth-order valence-electron chi connectivity index (χ4n) is 3.35. The van der Waals surface area contributed by atoms with Crippen molar-refractivity contribution >= 4 is 23.6 Å². The summed E-state index contributed by atoms with van der Waals surface area (Å²) in [6.45, 7) is 7.04. The van der Waals surface area contributed by atoms with Crippen LogP contribution in [-0.4, -0.2) is 42.2 Å². The molecule has 6 heteroatoms. The zero-order valence-electron chi connectivity index (χ0n) is 19.0. The van der Waals surface area contributed by atoms with E-state index in [2.05, 4.69) is 30.4 Å². The minimum atomic E-state index is -0.485. The third-order valence-electron chi connectivity index (χ3n) is 5.02. The molecule has 0 saturated carbocycles. The summed E-state index contributed by atoms with van der Waals surface area (Å²) in [6.07, 6.45) is 1.43. The molecule has 0 spiro atoms. The van der Waals surface area contributed by atoms with Crippen LogP contribution in [0.5, 0.6) is 5.75 Å². The number of hydrogen-bond donors (Lipinski definition) is 1. The molecule has 0 aliphatic heterocycles. The van der Waals surface area contributed by atoms with E-state index >= 15 is 0 Å². The van der Waals surface area contributed by atoms with Crippen LogP contribution in [0.4, 0.5) is 0 Å². The van der Waals surface area contributed by atoms with Gasteiger partial charge in [-0.25, -0.2) is 0 Å².